The van der Waals surface area contributed by atoms with Crippen molar-refractivity contribution in [2.24, 2.45) is 0 Å². The number of aliphatic carboxylic acids is 1. The molecule has 0 bridgehead atoms. The summed E-state index contributed by atoms with van der Waals surface area (Å²) in [4.78, 5) is 26.1. The number of amides is 2. The number of carbonyl (C=O) groups is 2. The number of rotatable bonds is 16. The first kappa shape index (κ1) is 31.9. The zero-order valence-electron chi connectivity index (χ0n) is 23.0. The van der Waals surface area contributed by atoms with Crippen LogP contribution in [0.25, 0.3) is 0 Å². The second-order valence-electron chi connectivity index (χ2n) is 8.93. The fraction of sp³-hybridized carbons (Fsp3) is 0.333. The summed E-state index contributed by atoms with van der Waals surface area (Å²) in [5, 5.41) is 13.2. The van der Waals surface area contributed by atoms with Gasteiger partial charge in [-0.1, -0.05) is 35.3 Å². The first-order valence-corrected chi connectivity index (χ1v) is 13.9. The molecule has 0 heterocycles. The number of anilines is 1. The summed E-state index contributed by atoms with van der Waals surface area (Å²) in [7, 11) is 1.58. The molecule has 1 atom stereocenters. The van der Waals surface area contributed by atoms with Gasteiger partial charge in [-0.15, -0.1) is 0 Å². The number of carboxylic acid groups (broad SMARTS) is 1. The van der Waals surface area contributed by atoms with Crippen molar-refractivity contribution in [3.8, 4) is 17.2 Å². The Morgan fingerprint density at radius 2 is 1.51 bits per heavy atom. The Balaban J connectivity index is 1.56. The van der Waals surface area contributed by atoms with Gasteiger partial charge in [0, 0.05) is 35.3 Å². The van der Waals surface area contributed by atoms with Crippen molar-refractivity contribution < 1.29 is 33.6 Å². The van der Waals surface area contributed by atoms with Crippen LogP contribution in [0, 0.1) is 0 Å². The van der Waals surface area contributed by atoms with Crippen molar-refractivity contribution in [3.63, 3.8) is 0 Å². The molecule has 2 N–H and O–H groups in total. The molecule has 9 nitrogen and oxygen atoms in total. The third kappa shape index (κ3) is 11.0. The Bertz CT molecular complexity index is 1240. The van der Waals surface area contributed by atoms with E-state index in [1.807, 2.05) is 0 Å². The first-order chi connectivity index (χ1) is 19.8. The van der Waals surface area contributed by atoms with Crippen molar-refractivity contribution in [2.45, 2.75) is 25.9 Å². The molecule has 220 valence electrons. The van der Waals surface area contributed by atoms with Gasteiger partial charge in [-0.3, -0.25) is 0 Å². The highest BCUT2D eigenvalue weighted by molar-refractivity contribution is 6.34. The van der Waals surface area contributed by atoms with E-state index in [1.54, 1.807) is 85.7 Å². The molecule has 0 aliphatic carbocycles. The average Bonchev–Trinajstić information content (AvgIpc) is 2.94. The van der Waals surface area contributed by atoms with Gasteiger partial charge in [0.05, 0.1) is 20.3 Å². The number of carbonyl (C=O) groups excluding carboxylic acids is 1. The minimum absolute atomic E-state index is 0.247. The Kier molecular flexibility index (Phi) is 12.9. The molecule has 2 amide bonds. The maximum Gasteiger partial charge on any atom is 0.333 e. The molecule has 3 rings (SSSR count). The van der Waals surface area contributed by atoms with Crippen LogP contribution in [-0.4, -0.2) is 68.1 Å². The van der Waals surface area contributed by atoms with Crippen LogP contribution in [-0.2, 0) is 16.0 Å². The van der Waals surface area contributed by atoms with Crippen LogP contribution >= 0.6 is 23.2 Å². The molecular formula is C30H34Cl2N2O7. The van der Waals surface area contributed by atoms with Gasteiger partial charge in [-0.05, 0) is 73.5 Å². The molecule has 0 spiro atoms. The lowest BCUT2D eigenvalue weighted by Gasteiger charge is -2.23. The van der Waals surface area contributed by atoms with E-state index in [9.17, 15) is 14.7 Å². The lowest BCUT2D eigenvalue weighted by molar-refractivity contribution is -0.149. The van der Waals surface area contributed by atoms with E-state index in [1.165, 1.54) is 0 Å². The van der Waals surface area contributed by atoms with Gasteiger partial charge in [0.1, 0.15) is 23.9 Å². The molecule has 1 unspecified atom stereocenters. The number of nitrogens with zero attached hydrogens (tertiary/aromatic N) is 1. The number of hydrogen-bond acceptors (Lipinski definition) is 6. The summed E-state index contributed by atoms with van der Waals surface area (Å²) < 4.78 is 22.1. The smallest absolute Gasteiger partial charge is 0.333 e. The summed E-state index contributed by atoms with van der Waals surface area (Å²) in [5.74, 6) is 0.851. The zero-order chi connectivity index (χ0) is 29.6. The van der Waals surface area contributed by atoms with Crippen LogP contribution in [0.5, 0.6) is 17.2 Å². The predicted molar refractivity (Wildman–Crippen MR) is 159 cm³/mol. The summed E-state index contributed by atoms with van der Waals surface area (Å²) in [5.41, 5.74) is 1.45. The van der Waals surface area contributed by atoms with E-state index < -0.39 is 12.1 Å². The number of urea groups is 1. The summed E-state index contributed by atoms with van der Waals surface area (Å²) in [6, 6.07) is 18.9. The third-order valence-corrected chi connectivity index (χ3v) is 6.36. The van der Waals surface area contributed by atoms with Crippen molar-refractivity contribution in [3.05, 3.63) is 82.3 Å². The average molecular weight is 606 g/mol. The number of methoxy groups -OCH3 is 1. The fourth-order valence-electron chi connectivity index (χ4n) is 3.88. The van der Waals surface area contributed by atoms with Gasteiger partial charge in [0.15, 0.2) is 6.10 Å². The van der Waals surface area contributed by atoms with Gasteiger partial charge < -0.3 is 34.3 Å². The highest BCUT2D eigenvalue weighted by Gasteiger charge is 2.18. The minimum Gasteiger partial charge on any atom is -0.497 e. The number of benzene rings is 3. The first-order valence-electron chi connectivity index (χ1n) is 13.1. The number of ether oxygens (including phenoxy) is 4. The maximum absolute atomic E-state index is 13.1. The van der Waals surface area contributed by atoms with Crippen molar-refractivity contribution in [2.75, 3.05) is 45.3 Å². The van der Waals surface area contributed by atoms with Crippen molar-refractivity contribution >= 4 is 40.9 Å². The number of carboxylic acids is 1. The third-order valence-electron chi connectivity index (χ3n) is 5.92. The van der Waals surface area contributed by atoms with Crippen molar-refractivity contribution in [1.29, 1.82) is 0 Å². The van der Waals surface area contributed by atoms with Crippen LogP contribution in [0.1, 0.15) is 18.9 Å². The molecule has 0 aliphatic heterocycles. The maximum atomic E-state index is 13.1. The van der Waals surface area contributed by atoms with E-state index in [0.29, 0.717) is 65.7 Å². The molecule has 41 heavy (non-hydrogen) atoms. The summed E-state index contributed by atoms with van der Waals surface area (Å²) >= 11 is 12.1. The van der Waals surface area contributed by atoms with E-state index in [2.05, 4.69) is 5.32 Å². The standard InChI is InChI=1S/C30H34Cl2N2O7/c1-3-39-28(29(35)36)17-21-5-9-26(10-6-21)41-16-14-34(30(37)33-24-7-11-25(38-2)12-8-24)13-4-15-40-27-19-22(31)18-23(32)20-27/h5-12,18-20,28H,3-4,13-17H2,1-2H3,(H,33,37)(H,35,36). The quantitative estimate of drug-likeness (QED) is 0.182. The van der Waals surface area contributed by atoms with Gasteiger partial charge >= 0.3 is 12.0 Å². The Hall–Kier alpha value is -3.66. The Morgan fingerprint density at radius 1 is 0.878 bits per heavy atom. The Labute approximate surface area is 249 Å². The molecule has 0 saturated carbocycles. The van der Waals surface area contributed by atoms with E-state index in [4.69, 9.17) is 42.1 Å². The van der Waals surface area contributed by atoms with Crippen molar-refractivity contribution in [1.82, 2.24) is 4.90 Å². The monoisotopic (exact) mass is 604 g/mol. The number of halogens is 2. The van der Waals surface area contributed by atoms with Crippen LogP contribution in [0.15, 0.2) is 66.7 Å². The zero-order valence-corrected chi connectivity index (χ0v) is 24.5. The topological polar surface area (TPSA) is 107 Å². The van der Waals surface area contributed by atoms with Gasteiger partial charge in [-0.25, -0.2) is 9.59 Å². The number of nitrogens with one attached hydrogen (secondary N) is 1. The molecular weight excluding hydrogens is 571 g/mol. The van der Waals surface area contributed by atoms with E-state index >= 15 is 0 Å². The molecule has 0 radical (unpaired) electrons. The van der Waals surface area contributed by atoms with Gasteiger partial charge in [0.2, 0.25) is 0 Å². The van der Waals surface area contributed by atoms with Crippen LogP contribution in [0.4, 0.5) is 10.5 Å². The molecule has 11 heteroatoms. The van der Waals surface area contributed by atoms with Crippen LogP contribution < -0.4 is 19.5 Å². The molecule has 0 aliphatic rings. The number of hydrogen-bond donors (Lipinski definition) is 2. The lowest BCUT2D eigenvalue weighted by Crippen LogP contribution is -2.39. The summed E-state index contributed by atoms with van der Waals surface area (Å²) in [6.45, 7) is 3.41. The second kappa shape index (κ2) is 16.6. The van der Waals surface area contributed by atoms with Crippen LogP contribution in [0.3, 0.4) is 0 Å². The normalized spacial score (nSPS) is 11.4. The molecule has 0 aromatic heterocycles. The fourth-order valence-corrected chi connectivity index (χ4v) is 4.38. The highest BCUT2D eigenvalue weighted by atomic mass is 35.5. The molecule has 0 fully saturated rings. The molecule has 3 aromatic rings. The van der Waals surface area contributed by atoms with Gasteiger partial charge in [0.25, 0.3) is 0 Å². The second-order valence-corrected chi connectivity index (χ2v) is 9.80. The minimum atomic E-state index is -0.998. The molecule has 0 saturated heterocycles. The largest absolute Gasteiger partial charge is 0.497 e. The Morgan fingerprint density at radius 3 is 2.12 bits per heavy atom. The highest BCUT2D eigenvalue weighted by Crippen LogP contribution is 2.24. The predicted octanol–water partition coefficient (Wildman–Crippen LogP) is 6.42. The van der Waals surface area contributed by atoms with E-state index in [0.717, 1.165) is 5.56 Å². The molecule has 3 aromatic carbocycles. The lowest BCUT2D eigenvalue weighted by atomic mass is 10.1. The summed E-state index contributed by atoms with van der Waals surface area (Å²) in [6.07, 6.45) is -0.0875. The van der Waals surface area contributed by atoms with Crippen LogP contribution in [0.2, 0.25) is 10.0 Å². The SMILES string of the molecule is CCOC(Cc1ccc(OCCN(CCCOc2cc(Cl)cc(Cl)c2)C(=O)Nc2ccc(OC)cc2)cc1)C(=O)O. The van der Waals surface area contributed by atoms with Gasteiger partial charge in [-0.2, -0.15) is 0 Å². The van der Waals surface area contributed by atoms with E-state index in [-0.39, 0.29) is 19.1 Å².